The average Bonchev–Trinajstić information content (AvgIpc) is 3.71. The van der Waals surface area contributed by atoms with Crippen LogP contribution in [0, 0.1) is 5.92 Å². The average molecular weight is 507 g/mol. The summed E-state index contributed by atoms with van der Waals surface area (Å²) in [5.41, 5.74) is 0.960. The van der Waals surface area contributed by atoms with Gasteiger partial charge >= 0.3 is 5.97 Å². The lowest BCUT2D eigenvalue weighted by atomic mass is 9.95. The summed E-state index contributed by atoms with van der Waals surface area (Å²) in [7, 11) is -3.71. The van der Waals surface area contributed by atoms with E-state index in [9.17, 15) is 18.0 Å². The number of piperidine rings is 1. The van der Waals surface area contributed by atoms with Gasteiger partial charge in [0.2, 0.25) is 15.9 Å². The van der Waals surface area contributed by atoms with E-state index in [0.29, 0.717) is 31.7 Å². The molecule has 0 spiro atoms. The Bertz CT molecular complexity index is 1400. The standard InChI is InChI=1S/C28H30N2O5S/c1-2-35-27(32)28(15-16-28)23-10-12-24(13-11-23)29-26(31)22-8-5-17-30(19-22)36(33,34)25-14-9-20-6-3-4-7-21(20)18-25/h3-4,6-7,9-14,18,22H,2,5,8,15-17,19H2,1H3,(H,29,31)/t22-/m0/s1. The molecule has 1 aliphatic carbocycles. The van der Waals surface area contributed by atoms with E-state index in [0.717, 1.165) is 29.2 Å². The third kappa shape index (κ3) is 4.63. The molecule has 0 unspecified atom stereocenters. The minimum absolute atomic E-state index is 0.144. The van der Waals surface area contributed by atoms with Gasteiger partial charge in [-0.2, -0.15) is 4.31 Å². The van der Waals surface area contributed by atoms with Gasteiger partial charge in [-0.3, -0.25) is 9.59 Å². The van der Waals surface area contributed by atoms with E-state index < -0.39 is 21.4 Å². The fourth-order valence-electron chi connectivity index (χ4n) is 4.97. The number of nitrogens with zero attached hydrogens (tertiary/aromatic N) is 1. The van der Waals surface area contributed by atoms with Gasteiger partial charge in [0.05, 0.1) is 22.8 Å². The molecule has 2 fully saturated rings. The molecule has 3 aromatic rings. The van der Waals surface area contributed by atoms with Crippen molar-refractivity contribution in [2.45, 2.75) is 42.9 Å². The molecular formula is C28H30N2O5S. The number of esters is 1. The Morgan fingerprint density at radius 2 is 1.75 bits per heavy atom. The molecular weight excluding hydrogens is 476 g/mol. The van der Waals surface area contributed by atoms with Gasteiger partial charge in [-0.05, 0) is 73.2 Å². The van der Waals surface area contributed by atoms with E-state index in [4.69, 9.17) is 4.74 Å². The molecule has 5 rings (SSSR count). The molecule has 8 heteroatoms. The number of carbonyl (C=O) groups is 2. The van der Waals surface area contributed by atoms with Crippen LogP contribution in [-0.4, -0.2) is 44.3 Å². The number of rotatable bonds is 7. The summed E-state index contributed by atoms with van der Waals surface area (Å²) in [4.78, 5) is 25.6. The van der Waals surface area contributed by atoms with E-state index in [1.165, 1.54) is 4.31 Å². The summed E-state index contributed by atoms with van der Waals surface area (Å²) >= 11 is 0. The SMILES string of the molecule is CCOC(=O)C1(c2ccc(NC(=O)[C@H]3CCCN(S(=O)(=O)c4ccc5ccccc5c4)C3)cc2)CC1. The zero-order chi connectivity index (χ0) is 25.3. The number of sulfonamides is 1. The highest BCUT2D eigenvalue weighted by Gasteiger charge is 2.52. The number of anilines is 1. The van der Waals surface area contributed by atoms with Crippen LogP contribution < -0.4 is 5.32 Å². The zero-order valence-electron chi connectivity index (χ0n) is 20.3. The number of carbonyl (C=O) groups excluding carboxylic acids is 2. The Kier molecular flexibility index (Phi) is 6.57. The molecule has 1 saturated heterocycles. The van der Waals surface area contributed by atoms with Crippen LogP contribution in [0.3, 0.4) is 0 Å². The predicted octanol–water partition coefficient (Wildman–Crippen LogP) is 4.47. The lowest BCUT2D eigenvalue weighted by Crippen LogP contribution is -2.43. The van der Waals surface area contributed by atoms with Crippen LogP contribution in [0.1, 0.15) is 38.2 Å². The Hall–Kier alpha value is -3.23. The summed E-state index contributed by atoms with van der Waals surface area (Å²) < 4.78 is 33.4. The molecule has 1 atom stereocenters. The van der Waals surface area contributed by atoms with Gasteiger partial charge in [-0.15, -0.1) is 0 Å². The van der Waals surface area contributed by atoms with Crippen LogP contribution in [0.25, 0.3) is 10.8 Å². The number of fused-ring (bicyclic) bond motifs is 1. The Morgan fingerprint density at radius 3 is 2.44 bits per heavy atom. The maximum atomic E-state index is 13.4. The molecule has 0 bridgehead atoms. The molecule has 0 radical (unpaired) electrons. The van der Waals surface area contributed by atoms with Crippen LogP contribution in [-0.2, 0) is 29.8 Å². The summed E-state index contributed by atoms with van der Waals surface area (Å²) in [6, 6.07) is 20.1. The first-order valence-electron chi connectivity index (χ1n) is 12.4. The Balaban J connectivity index is 1.26. The maximum absolute atomic E-state index is 13.4. The minimum atomic E-state index is -3.71. The molecule has 3 aromatic carbocycles. The first kappa shape index (κ1) is 24.5. The van der Waals surface area contributed by atoms with Crippen molar-refractivity contribution in [3.05, 3.63) is 72.3 Å². The van der Waals surface area contributed by atoms with E-state index in [1.54, 1.807) is 31.2 Å². The molecule has 1 heterocycles. The highest BCUT2D eigenvalue weighted by atomic mass is 32.2. The molecule has 1 saturated carbocycles. The molecule has 188 valence electrons. The summed E-state index contributed by atoms with van der Waals surface area (Å²) in [5, 5.41) is 4.77. The van der Waals surface area contributed by atoms with Crippen LogP contribution in [0.4, 0.5) is 5.69 Å². The fourth-order valence-corrected chi connectivity index (χ4v) is 6.53. The largest absolute Gasteiger partial charge is 0.465 e. The first-order chi connectivity index (χ1) is 17.3. The van der Waals surface area contributed by atoms with Crippen molar-refractivity contribution >= 4 is 38.4 Å². The van der Waals surface area contributed by atoms with E-state index in [2.05, 4.69) is 5.32 Å². The zero-order valence-corrected chi connectivity index (χ0v) is 21.1. The fraction of sp³-hybridized carbons (Fsp3) is 0.357. The number of nitrogens with one attached hydrogen (secondary N) is 1. The Labute approximate surface area is 211 Å². The van der Waals surface area contributed by atoms with Crippen molar-refractivity contribution in [3.63, 3.8) is 0 Å². The van der Waals surface area contributed by atoms with Crippen molar-refractivity contribution in [2.24, 2.45) is 5.92 Å². The normalized spacial score (nSPS) is 19.5. The maximum Gasteiger partial charge on any atom is 0.316 e. The third-order valence-corrected chi connectivity index (χ3v) is 9.10. The highest BCUT2D eigenvalue weighted by Crippen LogP contribution is 2.49. The van der Waals surface area contributed by atoms with Crippen molar-refractivity contribution in [1.29, 1.82) is 0 Å². The number of benzene rings is 3. The van der Waals surface area contributed by atoms with Crippen molar-refractivity contribution in [3.8, 4) is 0 Å². The lowest BCUT2D eigenvalue weighted by molar-refractivity contribution is -0.146. The second-order valence-corrected chi connectivity index (χ2v) is 11.5. The van der Waals surface area contributed by atoms with Crippen LogP contribution in [0.5, 0.6) is 0 Å². The molecule has 1 amide bonds. The van der Waals surface area contributed by atoms with Gasteiger partial charge in [0, 0.05) is 18.8 Å². The number of hydrogen-bond acceptors (Lipinski definition) is 5. The van der Waals surface area contributed by atoms with Gasteiger partial charge in [0.25, 0.3) is 0 Å². The smallest absolute Gasteiger partial charge is 0.316 e. The molecule has 7 nitrogen and oxygen atoms in total. The van der Waals surface area contributed by atoms with Crippen molar-refractivity contribution in [1.82, 2.24) is 4.31 Å². The van der Waals surface area contributed by atoms with E-state index >= 15 is 0 Å². The number of amides is 1. The second-order valence-electron chi connectivity index (χ2n) is 9.58. The highest BCUT2D eigenvalue weighted by molar-refractivity contribution is 7.89. The summed E-state index contributed by atoms with van der Waals surface area (Å²) in [5.74, 6) is -0.840. The number of ether oxygens (including phenoxy) is 1. The van der Waals surface area contributed by atoms with Crippen molar-refractivity contribution < 1.29 is 22.7 Å². The van der Waals surface area contributed by atoms with Crippen LogP contribution >= 0.6 is 0 Å². The molecule has 2 aliphatic rings. The Morgan fingerprint density at radius 1 is 1.03 bits per heavy atom. The van der Waals surface area contributed by atoms with E-state index in [1.807, 2.05) is 42.5 Å². The van der Waals surface area contributed by atoms with Gasteiger partial charge < -0.3 is 10.1 Å². The summed E-state index contributed by atoms with van der Waals surface area (Å²) in [6.45, 7) is 2.68. The van der Waals surface area contributed by atoms with Gasteiger partial charge in [-0.1, -0.05) is 42.5 Å². The lowest BCUT2D eigenvalue weighted by Gasteiger charge is -2.31. The molecule has 0 aromatic heterocycles. The van der Waals surface area contributed by atoms with Gasteiger partial charge in [0.15, 0.2) is 0 Å². The third-order valence-electron chi connectivity index (χ3n) is 7.23. The topological polar surface area (TPSA) is 92.8 Å². The van der Waals surface area contributed by atoms with Crippen molar-refractivity contribution in [2.75, 3.05) is 25.0 Å². The van der Waals surface area contributed by atoms with Crippen LogP contribution in [0.15, 0.2) is 71.6 Å². The quantitative estimate of drug-likeness (QED) is 0.477. The second kappa shape index (κ2) is 9.67. The molecule has 36 heavy (non-hydrogen) atoms. The van der Waals surface area contributed by atoms with Crippen LogP contribution in [0.2, 0.25) is 0 Å². The minimum Gasteiger partial charge on any atom is -0.465 e. The summed E-state index contributed by atoms with van der Waals surface area (Å²) in [6.07, 6.45) is 2.77. The molecule has 1 aliphatic heterocycles. The van der Waals surface area contributed by atoms with Gasteiger partial charge in [0.1, 0.15) is 0 Å². The molecule has 1 N–H and O–H groups in total. The van der Waals surface area contributed by atoms with Gasteiger partial charge in [-0.25, -0.2) is 8.42 Å². The number of hydrogen-bond donors (Lipinski definition) is 1. The predicted molar refractivity (Wildman–Crippen MR) is 138 cm³/mol. The first-order valence-corrected chi connectivity index (χ1v) is 13.8. The van der Waals surface area contributed by atoms with E-state index in [-0.39, 0.29) is 23.3 Å². The monoisotopic (exact) mass is 506 g/mol.